The van der Waals surface area contributed by atoms with E-state index >= 15 is 0 Å². The van der Waals surface area contributed by atoms with E-state index in [0.29, 0.717) is 26.8 Å². The zero-order chi connectivity index (χ0) is 21.1. The number of methoxy groups -OCH3 is 1. The first kappa shape index (κ1) is 21.0. The van der Waals surface area contributed by atoms with Crippen LogP contribution in [-0.2, 0) is 17.1 Å². The van der Waals surface area contributed by atoms with Gasteiger partial charge in [-0.05, 0) is 48.7 Å². The Morgan fingerprint density at radius 3 is 2.80 bits per heavy atom. The average molecular weight is 463 g/mol. The van der Waals surface area contributed by atoms with Gasteiger partial charge in [0, 0.05) is 16.7 Å². The molecule has 30 heavy (non-hydrogen) atoms. The second-order valence-electron chi connectivity index (χ2n) is 6.96. The molecule has 0 aliphatic heterocycles. The van der Waals surface area contributed by atoms with Crippen molar-refractivity contribution in [3.05, 3.63) is 63.9 Å². The van der Waals surface area contributed by atoms with Crippen molar-refractivity contribution in [2.75, 3.05) is 7.11 Å². The minimum Gasteiger partial charge on any atom is -0.497 e. The van der Waals surface area contributed by atoms with Gasteiger partial charge in [0.2, 0.25) is 5.91 Å². The van der Waals surface area contributed by atoms with Gasteiger partial charge in [-0.1, -0.05) is 47.1 Å². The van der Waals surface area contributed by atoms with Gasteiger partial charge in [0.1, 0.15) is 5.75 Å². The number of hydrogen-bond acceptors (Lipinski definition) is 5. The molecule has 4 rings (SSSR count). The Labute approximate surface area is 188 Å². The Hall–Kier alpha value is -2.22. The molecule has 1 aliphatic rings. The third-order valence-electron chi connectivity index (χ3n) is 4.72. The minimum absolute atomic E-state index is 0.0531. The lowest BCUT2D eigenvalue weighted by Crippen LogP contribution is -2.25. The van der Waals surface area contributed by atoms with Gasteiger partial charge >= 0.3 is 0 Å². The van der Waals surface area contributed by atoms with Gasteiger partial charge in [-0.2, -0.15) is 0 Å². The van der Waals surface area contributed by atoms with Crippen molar-refractivity contribution in [1.29, 1.82) is 0 Å². The quantitative estimate of drug-likeness (QED) is 0.482. The van der Waals surface area contributed by atoms with Crippen LogP contribution in [-0.4, -0.2) is 27.8 Å². The molecule has 9 heteroatoms. The molecule has 156 valence electrons. The van der Waals surface area contributed by atoms with Gasteiger partial charge in [0.05, 0.1) is 24.4 Å². The third-order valence-corrected chi connectivity index (χ3v) is 6.26. The fraction of sp³-hybridized carbons (Fsp3) is 0.286. The summed E-state index contributed by atoms with van der Waals surface area (Å²) in [7, 11) is 1.65. The smallest absolute Gasteiger partial charge is 0.223 e. The SMILES string of the molecule is COc1cccc(CSc2nnc(CNC(=O)C3CC3)n2-c2ccc(Cl)cc2Cl)c1. The highest BCUT2D eigenvalue weighted by Gasteiger charge is 2.29. The Morgan fingerprint density at radius 2 is 2.07 bits per heavy atom. The van der Waals surface area contributed by atoms with Gasteiger partial charge in [0.25, 0.3) is 0 Å². The number of carbonyl (C=O) groups is 1. The molecular formula is C21H20Cl2N4O2S. The van der Waals surface area contributed by atoms with E-state index < -0.39 is 0 Å². The Morgan fingerprint density at radius 1 is 1.23 bits per heavy atom. The second kappa shape index (κ2) is 9.29. The number of aromatic nitrogens is 3. The number of nitrogens with one attached hydrogen (secondary N) is 1. The van der Waals surface area contributed by atoms with Crippen LogP contribution in [0.5, 0.6) is 5.75 Å². The van der Waals surface area contributed by atoms with Crippen LogP contribution in [0.1, 0.15) is 24.2 Å². The molecule has 1 aliphatic carbocycles. The summed E-state index contributed by atoms with van der Waals surface area (Å²) in [5, 5.41) is 13.3. The highest BCUT2D eigenvalue weighted by atomic mass is 35.5. The van der Waals surface area contributed by atoms with E-state index in [1.54, 1.807) is 19.2 Å². The lowest BCUT2D eigenvalue weighted by molar-refractivity contribution is -0.122. The van der Waals surface area contributed by atoms with E-state index in [1.807, 2.05) is 34.9 Å². The number of hydrogen-bond donors (Lipinski definition) is 1. The highest BCUT2D eigenvalue weighted by Crippen LogP contribution is 2.32. The summed E-state index contributed by atoms with van der Waals surface area (Å²) in [5.41, 5.74) is 1.81. The Balaban J connectivity index is 1.60. The van der Waals surface area contributed by atoms with Gasteiger partial charge in [-0.3, -0.25) is 9.36 Å². The molecule has 3 aromatic rings. The van der Waals surface area contributed by atoms with Crippen molar-refractivity contribution in [2.45, 2.75) is 30.3 Å². The van der Waals surface area contributed by atoms with Crippen molar-refractivity contribution < 1.29 is 9.53 Å². The van der Waals surface area contributed by atoms with Crippen molar-refractivity contribution in [1.82, 2.24) is 20.1 Å². The van der Waals surface area contributed by atoms with Crippen molar-refractivity contribution in [3.8, 4) is 11.4 Å². The molecule has 0 radical (unpaired) electrons. The number of halogens is 2. The van der Waals surface area contributed by atoms with Crippen LogP contribution in [0.3, 0.4) is 0 Å². The maximum absolute atomic E-state index is 12.1. The molecule has 6 nitrogen and oxygen atoms in total. The van der Waals surface area contributed by atoms with E-state index in [-0.39, 0.29) is 18.4 Å². The number of carbonyl (C=O) groups excluding carboxylic acids is 1. The van der Waals surface area contributed by atoms with Crippen molar-refractivity contribution in [2.24, 2.45) is 5.92 Å². The monoisotopic (exact) mass is 462 g/mol. The summed E-state index contributed by atoms with van der Waals surface area (Å²) < 4.78 is 7.17. The maximum atomic E-state index is 12.1. The number of nitrogens with zero attached hydrogens (tertiary/aromatic N) is 3. The summed E-state index contributed by atoms with van der Waals surface area (Å²) in [6.07, 6.45) is 1.90. The van der Waals surface area contributed by atoms with E-state index in [4.69, 9.17) is 27.9 Å². The van der Waals surface area contributed by atoms with Crippen LogP contribution < -0.4 is 10.1 Å². The van der Waals surface area contributed by atoms with Crippen LogP contribution in [0.2, 0.25) is 10.0 Å². The Bertz CT molecular complexity index is 1070. The fourth-order valence-corrected chi connectivity index (χ4v) is 4.38. The first-order valence-electron chi connectivity index (χ1n) is 9.48. The molecule has 1 heterocycles. The molecule has 0 spiro atoms. The lowest BCUT2D eigenvalue weighted by atomic mass is 10.2. The molecular weight excluding hydrogens is 443 g/mol. The Kier molecular flexibility index (Phi) is 6.51. The molecule has 2 aromatic carbocycles. The van der Waals surface area contributed by atoms with Crippen LogP contribution in [0.25, 0.3) is 5.69 Å². The molecule has 1 amide bonds. The van der Waals surface area contributed by atoms with Crippen LogP contribution in [0.15, 0.2) is 47.6 Å². The number of ether oxygens (including phenoxy) is 1. The molecule has 1 saturated carbocycles. The van der Waals surface area contributed by atoms with Crippen LogP contribution >= 0.6 is 35.0 Å². The molecule has 1 fully saturated rings. The highest BCUT2D eigenvalue weighted by molar-refractivity contribution is 7.98. The standard InChI is InChI=1S/C21H20Cl2N4O2S/c1-29-16-4-2-3-13(9-16)12-30-21-26-25-19(11-24-20(28)14-5-6-14)27(21)18-8-7-15(22)10-17(18)23/h2-4,7-10,14H,5-6,11-12H2,1H3,(H,24,28). The van der Waals surface area contributed by atoms with Crippen LogP contribution in [0.4, 0.5) is 0 Å². The normalized spacial score (nSPS) is 13.3. The predicted molar refractivity (Wildman–Crippen MR) is 119 cm³/mol. The number of amides is 1. The summed E-state index contributed by atoms with van der Waals surface area (Å²) in [5.74, 6) is 2.27. The molecule has 0 unspecified atom stereocenters. The number of rotatable bonds is 8. The first-order valence-corrected chi connectivity index (χ1v) is 11.2. The maximum Gasteiger partial charge on any atom is 0.223 e. The summed E-state index contributed by atoms with van der Waals surface area (Å²) in [6, 6.07) is 13.2. The predicted octanol–water partition coefficient (Wildman–Crippen LogP) is 4.90. The van der Waals surface area contributed by atoms with Crippen LogP contribution in [0, 0.1) is 5.92 Å². The second-order valence-corrected chi connectivity index (χ2v) is 8.75. The zero-order valence-electron chi connectivity index (χ0n) is 16.3. The first-order chi connectivity index (χ1) is 14.5. The van der Waals surface area contributed by atoms with E-state index in [2.05, 4.69) is 15.5 Å². The van der Waals surface area contributed by atoms with Gasteiger partial charge < -0.3 is 10.1 Å². The summed E-state index contributed by atoms with van der Waals surface area (Å²) >= 11 is 14.1. The number of thioether (sulfide) groups is 1. The van der Waals surface area contributed by atoms with E-state index in [9.17, 15) is 4.79 Å². The largest absolute Gasteiger partial charge is 0.497 e. The number of benzene rings is 2. The topological polar surface area (TPSA) is 69.0 Å². The van der Waals surface area contributed by atoms with Crippen molar-refractivity contribution >= 4 is 40.9 Å². The molecule has 0 saturated heterocycles. The van der Waals surface area contributed by atoms with E-state index in [1.165, 1.54) is 11.8 Å². The fourth-order valence-electron chi connectivity index (χ4n) is 2.98. The van der Waals surface area contributed by atoms with Gasteiger partial charge in [0.15, 0.2) is 11.0 Å². The minimum atomic E-state index is 0.0531. The summed E-state index contributed by atoms with van der Waals surface area (Å²) in [6.45, 7) is 0.279. The van der Waals surface area contributed by atoms with Gasteiger partial charge in [-0.15, -0.1) is 10.2 Å². The molecule has 1 N–H and O–H groups in total. The molecule has 0 atom stereocenters. The summed E-state index contributed by atoms with van der Waals surface area (Å²) in [4.78, 5) is 12.1. The lowest BCUT2D eigenvalue weighted by Gasteiger charge is -2.13. The average Bonchev–Trinajstić information content (AvgIpc) is 3.52. The molecule has 1 aromatic heterocycles. The van der Waals surface area contributed by atoms with Crippen molar-refractivity contribution in [3.63, 3.8) is 0 Å². The molecule has 0 bridgehead atoms. The van der Waals surface area contributed by atoms with Gasteiger partial charge in [-0.25, -0.2) is 0 Å². The van der Waals surface area contributed by atoms with E-state index in [0.717, 1.165) is 29.8 Å². The zero-order valence-corrected chi connectivity index (χ0v) is 18.6. The third kappa shape index (κ3) is 4.91.